The molecule has 0 saturated heterocycles. The second-order valence-electron chi connectivity index (χ2n) is 7.38. The predicted molar refractivity (Wildman–Crippen MR) is 83.3 cm³/mol. The molecule has 1 aliphatic rings. The molecule has 1 N–H and O–H groups in total. The molecule has 0 atom stereocenters. The molecular formula is C16H30N2O3. The van der Waals surface area contributed by atoms with Gasteiger partial charge >= 0.3 is 6.09 Å². The van der Waals surface area contributed by atoms with E-state index >= 15 is 0 Å². The van der Waals surface area contributed by atoms with E-state index in [0.717, 1.165) is 32.1 Å². The van der Waals surface area contributed by atoms with Gasteiger partial charge in [0.15, 0.2) is 0 Å². The largest absolute Gasteiger partial charge is 0.465 e. The van der Waals surface area contributed by atoms with Crippen LogP contribution in [-0.4, -0.2) is 51.6 Å². The Kier molecular flexibility index (Phi) is 6.05. The van der Waals surface area contributed by atoms with E-state index in [1.807, 2.05) is 39.5 Å². The number of carbonyl (C=O) groups excluding carboxylic acids is 1. The van der Waals surface area contributed by atoms with Crippen LogP contribution in [0, 0.1) is 5.92 Å². The summed E-state index contributed by atoms with van der Waals surface area (Å²) in [5.41, 5.74) is -0.366. The Labute approximate surface area is 128 Å². The average Bonchev–Trinajstić information content (AvgIpc) is 2.36. The minimum absolute atomic E-state index is 0.231. The highest BCUT2D eigenvalue weighted by atomic mass is 16.4. The predicted octanol–water partition coefficient (Wildman–Crippen LogP) is 3.19. The lowest BCUT2D eigenvalue weighted by atomic mass is 9.84. The Morgan fingerprint density at radius 1 is 1.24 bits per heavy atom. The van der Waals surface area contributed by atoms with E-state index in [9.17, 15) is 14.7 Å². The van der Waals surface area contributed by atoms with Crippen LogP contribution in [-0.2, 0) is 4.79 Å². The van der Waals surface area contributed by atoms with Crippen molar-refractivity contribution in [1.29, 1.82) is 0 Å². The van der Waals surface area contributed by atoms with Gasteiger partial charge < -0.3 is 14.9 Å². The first-order chi connectivity index (χ1) is 9.66. The van der Waals surface area contributed by atoms with Crippen LogP contribution in [0.15, 0.2) is 0 Å². The molecule has 1 fully saturated rings. The third kappa shape index (κ3) is 4.90. The number of carboxylic acid groups (broad SMARTS) is 1. The molecule has 0 radical (unpaired) electrons. The van der Waals surface area contributed by atoms with Gasteiger partial charge in [0.2, 0.25) is 6.41 Å². The Morgan fingerprint density at radius 2 is 1.76 bits per heavy atom. The van der Waals surface area contributed by atoms with Crippen LogP contribution in [0.2, 0.25) is 0 Å². The third-order valence-electron chi connectivity index (χ3n) is 4.44. The summed E-state index contributed by atoms with van der Waals surface area (Å²) >= 11 is 0. The smallest absolute Gasteiger partial charge is 0.407 e. The zero-order valence-electron chi connectivity index (χ0n) is 14.0. The molecule has 1 aliphatic carbocycles. The van der Waals surface area contributed by atoms with Gasteiger partial charge in [-0.1, -0.05) is 0 Å². The minimum atomic E-state index is -0.846. The average molecular weight is 298 g/mol. The van der Waals surface area contributed by atoms with Gasteiger partial charge in [-0.05, 0) is 66.2 Å². The first kappa shape index (κ1) is 17.8. The standard InChI is InChI=1S/C16H30N2O3/c1-12(2)17(11-19)14-8-6-13(7-9-14)10-18(15(20)21)16(3,4)5/h11-14H,6-10H2,1-5H3,(H,20,21). The van der Waals surface area contributed by atoms with Gasteiger partial charge in [-0.25, -0.2) is 4.79 Å². The molecule has 0 heterocycles. The lowest BCUT2D eigenvalue weighted by Gasteiger charge is -2.40. The molecule has 0 aliphatic heterocycles. The maximum Gasteiger partial charge on any atom is 0.407 e. The molecule has 0 aromatic heterocycles. The summed E-state index contributed by atoms with van der Waals surface area (Å²) in [5, 5.41) is 9.36. The molecule has 0 unspecified atom stereocenters. The van der Waals surface area contributed by atoms with E-state index in [-0.39, 0.29) is 11.6 Å². The summed E-state index contributed by atoms with van der Waals surface area (Å²) in [6.45, 7) is 10.5. The van der Waals surface area contributed by atoms with Crippen LogP contribution < -0.4 is 0 Å². The van der Waals surface area contributed by atoms with Crippen molar-refractivity contribution in [2.45, 2.75) is 77.9 Å². The van der Waals surface area contributed by atoms with Crippen molar-refractivity contribution in [2.75, 3.05) is 6.54 Å². The zero-order valence-corrected chi connectivity index (χ0v) is 14.0. The van der Waals surface area contributed by atoms with Crippen LogP contribution in [0.3, 0.4) is 0 Å². The maximum atomic E-state index is 11.4. The highest BCUT2D eigenvalue weighted by Gasteiger charge is 2.32. The molecule has 0 aromatic rings. The Balaban J connectivity index is 2.56. The van der Waals surface area contributed by atoms with E-state index in [4.69, 9.17) is 0 Å². The van der Waals surface area contributed by atoms with Gasteiger partial charge in [0.25, 0.3) is 0 Å². The monoisotopic (exact) mass is 298 g/mol. The van der Waals surface area contributed by atoms with Crippen molar-refractivity contribution in [2.24, 2.45) is 5.92 Å². The molecular weight excluding hydrogens is 268 g/mol. The lowest BCUT2D eigenvalue weighted by Crippen LogP contribution is -2.48. The third-order valence-corrected chi connectivity index (χ3v) is 4.44. The minimum Gasteiger partial charge on any atom is -0.465 e. The van der Waals surface area contributed by atoms with Crippen LogP contribution in [0.4, 0.5) is 4.79 Å². The Hall–Kier alpha value is -1.26. The highest BCUT2D eigenvalue weighted by molar-refractivity contribution is 5.66. The van der Waals surface area contributed by atoms with Gasteiger partial charge in [0.05, 0.1) is 0 Å². The Bertz CT molecular complexity index is 355. The van der Waals surface area contributed by atoms with E-state index in [1.54, 1.807) is 0 Å². The summed E-state index contributed by atoms with van der Waals surface area (Å²) in [5.74, 6) is 0.400. The number of rotatable bonds is 5. The summed E-state index contributed by atoms with van der Waals surface area (Å²) in [6.07, 6.45) is 4.02. The first-order valence-electron chi connectivity index (χ1n) is 7.90. The van der Waals surface area contributed by atoms with Crippen molar-refractivity contribution < 1.29 is 14.7 Å². The number of amides is 2. The molecule has 5 heteroatoms. The quantitative estimate of drug-likeness (QED) is 0.793. The van der Waals surface area contributed by atoms with Crippen LogP contribution >= 0.6 is 0 Å². The fraction of sp³-hybridized carbons (Fsp3) is 0.875. The summed E-state index contributed by atoms with van der Waals surface area (Å²) in [6, 6.07) is 0.542. The maximum absolute atomic E-state index is 11.4. The fourth-order valence-electron chi connectivity index (χ4n) is 3.15. The van der Waals surface area contributed by atoms with Crippen molar-refractivity contribution >= 4 is 12.5 Å². The number of hydrogen-bond donors (Lipinski definition) is 1. The lowest BCUT2D eigenvalue weighted by molar-refractivity contribution is -0.122. The molecule has 0 spiro atoms. The number of hydrogen-bond acceptors (Lipinski definition) is 2. The van der Waals surface area contributed by atoms with Crippen molar-refractivity contribution in [3.8, 4) is 0 Å². The molecule has 122 valence electrons. The SMILES string of the molecule is CC(C)N(C=O)C1CCC(CN(C(=O)O)C(C)(C)C)CC1. The van der Waals surface area contributed by atoms with Crippen molar-refractivity contribution in [3.05, 3.63) is 0 Å². The van der Waals surface area contributed by atoms with E-state index in [0.29, 0.717) is 18.5 Å². The van der Waals surface area contributed by atoms with E-state index in [2.05, 4.69) is 0 Å². The fourth-order valence-corrected chi connectivity index (χ4v) is 3.15. The molecule has 1 saturated carbocycles. The molecule has 5 nitrogen and oxygen atoms in total. The highest BCUT2D eigenvalue weighted by Crippen LogP contribution is 2.30. The first-order valence-corrected chi connectivity index (χ1v) is 7.90. The van der Waals surface area contributed by atoms with Crippen LogP contribution in [0.25, 0.3) is 0 Å². The molecule has 0 bridgehead atoms. The van der Waals surface area contributed by atoms with E-state index in [1.165, 1.54) is 4.90 Å². The summed E-state index contributed by atoms with van der Waals surface area (Å²) < 4.78 is 0. The van der Waals surface area contributed by atoms with Crippen LogP contribution in [0.5, 0.6) is 0 Å². The molecule has 21 heavy (non-hydrogen) atoms. The summed E-state index contributed by atoms with van der Waals surface area (Å²) in [4.78, 5) is 26.0. The second kappa shape index (κ2) is 7.14. The van der Waals surface area contributed by atoms with Gasteiger partial charge in [0, 0.05) is 24.2 Å². The normalized spacial score (nSPS) is 23.0. The summed E-state index contributed by atoms with van der Waals surface area (Å²) in [7, 11) is 0. The van der Waals surface area contributed by atoms with Gasteiger partial charge in [-0.15, -0.1) is 0 Å². The molecule has 0 aromatic carbocycles. The van der Waals surface area contributed by atoms with Crippen molar-refractivity contribution in [3.63, 3.8) is 0 Å². The van der Waals surface area contributed by atoms with Gasteiger partial charge in [0.1, 0.15) is 0 Å². The molecule has 1 rings (SSSR count). The zero-order chi connectivity index (χ0) is 16.2. The Morgan fingerprint density at radius 3 is 2.10 bits per heavy atom. The van der Waals surface area contributed by atoms with Gasteiger partial charge in [-0.3, -0.25) is 4.79 Å². The van der Waals surface area contributed by atoms with Crippen molar-refractivity contribution in [1.82, 2.24) is 9.80 Å². The molecule has 2 amide bonds. The topological polar surface area (TPSA) is 60.9 Å². The van der Waals surface area contributed by atoms with E-state index < -0.39 is 6.09 Å². The number of nitrogens with zero attached hydrogens (tertiary/aromatic N) is 2. The van der Waals surface area contributed by atoms with Crippen LogP contribution in [0.1, 0.15) is 60.3 Å². The van der Waals surface area contributed by atoms with Gasteiger partial charge in [-0.2, -0.15) is 0 Å². The number of carbonyl (C=O) groups is 2. The second-order valence-corrected chi connectivity index (χ2v) is 7.38.